The Labute approximate surface area is 127 Å². The van der Waals surface area contributed by atoms with Crippen molar-refractivity contribution in [1.29, 1.82) is 0 Å². The SMILES string of the molecule is CCCCCCCC(CCCC)C(CC)C/C=N/OC. The Hall–Kier alpha value is -0.530. The lowest BCUT2D eigenvalue weighted by Gasteiger charge is -2.25. The van der Waals surface area contributed by atoms with Crippen LogP contribution in [0.5, 0.6) is 0 Å². The molecule has 0 aliphatic heterocycles. The molecule has 0 radical (unpaired) electrons. The number of hydrogen-bond acceptors (Lipinski definition) is 2. The van der Waals surface area contributed by atoms with Crippen molar-refractivity contribution >= 4 is 6.21 Å². The summed E-state index contributed by atoms with van der Waals surface area (Å²) in [6.45, 7) is 6.90. The monoisotopic (exact) mass is 283 g/mol. The van der Waals surface area contributed by atoms with E-state index in [0.717, 1.165) is 18.3 Å². The Morgan fingerprint density at radius 3 is 2.10 bits per heavy atom. The van der Waals surface area contributed by atoms with Crippen LogP contribution in [0.15, 0.2) is 5.16 Å². The topological polar surface area (TPSA) is 21.6 Å². The summed E-state index contributed by atoms with van der Waals surface area (Å²) in [7, 11) is 1.62. The van der Waals surface area contributed by atoms with Crippen LogP contribution in [0.3, 0.4) is 0 Å². The first-order valence-electron chi connectivity index (χ1n) is 8.84. The average molecular weight is 284 g/mol. The normalized spacial score (nSPS) is 14.6. The maximum atomic E-state index is 4.79. The molecule has 120 valence electrons. The maximum Gasteiger partial charge on any atom is 0.106 e. The maximum absolute atomic E-state index is 4.79. The minimum Gasteiger partial charge on any atom is -0.399 e. The summed E-state index contributed by atoms with van der Waals surface area (Å²) in [5, 5.41) is 3.92. The summed E-state index contributed by atoms with van der Waals surface area (Å²) >= 11 is 0. The quantitative estimate of drug-likeness (QED) is 0.211. The van der Waals surface area contributed by atoms with Crippen LogP contribution in [0, 0.1) is 11.8 Å². The fourth-order valence-corrected chi connectivity index (χ4v) is 3.04. The molecule has 0 aromatic heterocycles. The standard InChI is InChI=1S/C18H37NO/c1-5-8-10-11-12-14-18(13-9-6-2)17(7-3)15-16-19-20-4/h16-18H,5-15H2,1-4H3/b19-16+. The smallest absolute Gasteiger partial charge is 0.106 e. The molecule has 0 amide bonds. The van der Waals surface area contributed by atoms with Gasteiger partial charge in [0.2, 0.25) is 0 Å². The molecule has 2 heteroatoms. The Bertz CT molecular complexity index is 215. The zero-order valence-corrected chi connectivity index (χ0v) is 14.4. The van der Waals surface area contributed by atoms with Crippen LogP contribution in [-0.2, 0) is 4.84 Å². The number of oxime groups is 1. The van der Waals surface area contributed by atoms with E-state index in [4.69, 9.17) is 4.84 Å². The first-order valence-corrected chi connectivity index (χ1v) is 8.84. The molecule has 0 aliphatic rings. The van der Waals surface area contributed by atoms with Gasteiger partial charge in [0.25, 0.3) is 0 Å². The van der Waals surface area contributed by atoms with Gasteiger partial charge in [-0.05, 0) is 18.3 Å². The van der Waals surface area contributed by atoms with E-state index in [9.17, 15) is 0 Å². The molecular formula is C18H37NO. The first-order chi connectivity index (χ1) is 9.79. The van der Waals surface area contributed by atoms with E-state index in [2.05, 4.69) is 25.9 Å². The highest BCUT2D eigenvalue weighted by Gasteiger charge is 2.18. The third-order valence-corrected chi connectivity index (χ3v) is 4.39. The molecule has 0 aliphatic carbocycles. The Morgan fingerprint density at radius 1 is 0.850 bits per heavy atom. The van der Waals surface area contributed by atoms with Gasteiger partial charge in [0, 0.05) is 6.21 Å². The lowest BCUT2D eigenvalue weighted by Crippen LogP contribution is -2.15. The molecule has 0 heterocycles. The van der Waals surface area contributed by atoms with Gasteiger partial charge in [-0.1, -0.05) is 90.1 Å². The van der Waals surface area contributed by atoms with E-state index in [0.29, 0.717) is 0 Å². The van der Waals surface area contributed by atoms with E-state index in [1.54, 1.807) is 7.11 Å². The van der Waals surface area contributed by atoms with Crippen molar-refractivity contribution < 1.29 is 4.84 Å². The fourth-order valence-electron chi connectivity index (χ4n) is 3.04. The van der Waals surface area contributed by atoms with Crippen LogP contribution < -0.4 is 0 Å². The predicted octanol–water partition coefficient (Wildman–Crippen LogP) is 6.20. The molecular weight excluding hydrogens is 246 g/mol. The van der Waals surface area contributed by atoms with Crippen LogP contribution in [0.25, 0.3) is 0 Å². The molecule has 20 heavy (non-hydrogen) atoms. The van der Waals surface area contributed by atoms with Crippen LogP contribution in [0.4, 0.5) is 0 Å². The van der Waals surface area contributed by atoms with E-state index >= 15 is 0 Å². The molecule has 0 spiro atoms. The molecule has 0 N–H and O–H groups in total. The highest BCUT2D eigenvalue weighted by Crippen LogP contribution is 2.29. The minimum absolute atomic E-state index is 0.784. The highest BCUT2D eigenvalue weighted by molar-refractivity contribution is 5.56. The lowest BCUT2D eigenvalue weighted by atomic mass is 9.80. The summed E-state index contributed by atoms with van der Waals surface area (Å²) in [4.78, 5) is 4.79. The second-order valence-corrected chi connectivity index (χ2v) is 5.98. The van der Waals surface area contributed by atoms with Crippen LogP contribution in [0.1, 0.15) is 91.4 Å². The number of unbranched alkanes of at least 4 members (excludes halogenated alkanes) is 5. The lowest BCUT2D eigenvalue weighted by molar-refractivity contribution is 0.212. The highest BCUT2D eigenvalue weighted by atomic mass is 16.6. The van der Waals surface area contributed by atoms with Crippen LogP contribution >= 0.6 is 0 Å². The summed E-state index contributed by atoms with van der Waals surface area (Å²) in [5.41, 5.74) is 0. The molecule has 0 bridgehead atoms. The predicted molar refractivity (Wildman–Crippen MR) is 90.3 cm³/mol. The van der Waals surface area contributed by atoms with Crippen LogP contribution in [-0.4, -0.2) is 13.3 Å². The van der Waals surface area contributed by atoms with Gasteiger partial charge in [0.1, 0.15) is 7.11 Å². The van der Waals surface area contributed by atoms with Crippen molar-refractivity contribution in [3.05, 3.63) is 0 Å². The minimum atomic E-state index is 0.784. The average Bonchev–Trinajstić information content (AvgIpc) is 2.47. The Kier molecular flexibility index (Phi) is 14.5. The van der Waals surface area contributed by atoms with E-state index < -0.39 is 0 Å². The number of hydrogen-bond donors (Lipinski definition) is 0. The first kappa shape index (κ1) is 19.5. The van der Waals surface area contributed by atoms with Gasteiger partial charge in [-0.2, -0.15) is 0 Å². The van der Waals surface area contributed by atoms with Crippen molar-refractivity contribution in [2.75, 3.05) is 7.11 Å². The Balaban J connectivity index is 4.15. The molecule has 2 unspecified atom stereocenters. The molecule has 0 aromatic carbocycles. The third-order valence-electron chi connectivity index (χ3n) is 4.39. The van der Waals surface area contributed by atoms with E-state index in [-0.39, 0.29) is 0 Å². The van der Waals surface area contributed by atoms with Crippen molar-refractivity contribution in [2.24, 2.45) is 17.0 Å². The van der Waals surface area contributed by atoms with Gasteiger partial charge in [0.15, 0.2) is 0 Å². The number of nitrogens with zero attached hydrogens (tertiary/aromatic N) is 1. The summed E-state index contributed by atoms with van der Waals surface area (Å²) in [6, 6.07) is 0. The zero-order valence-electron chi connectivity index (χ0n) is 14.4. The largest absolute Gasteiger partial charge is 0.399 e. The van der Waals surface area contributed by atoms with Crippen molar-refractivity contribution in [1.82, 2.24) is 0 Å². The fraction of sp³-hybridized carbons (Fsp3) is 0.944. The second-order valence-electron chi connectivity index (χ2n) is 5.98. The van der Waals surface area contributed by atoms with Crippen molar-refractivity contribution in [2.45, 2.75) is 91.4 Å². The van der Waals surface area contributed by atoms with Gasteiger partial charge in [-0.3, -0.25) is 0 Å². The van der Waals surface area contributed by atoms with Gasteiger partial charge in [-0.25, -0.2) is 0 Å². The molecule has 0 fully saturated rings. The van der Waals surface area contributed by atoms with Crippen molar-refractivity contribution in [3.8, 4) is 0 Å². The van der Waals surface area contributed by atoms with Gasteiger partial charge in [-0.15, -0.1) is 0 Å². The van der Waals surface area contributed by atoms with Gasteiger partial charge >= 0.3 is 0 Å². The summed E-state index contributed by atoms with van der Waals surface area (Å²) in [5.74, 6) is 1.66. The summed E-state index contributed by atoms with van der Waals surface area (Å²) < 4.78 is 0. The number of rotatable bonds is 14. The molecule has 0 rings (SSSR count). The van der Waals surface area contributed by atoms with E-state index in [1.807, 2.05) is 6.21 Å². The third kappa shape index (κ3) is 10.3. The molecule has 2 atom stereocenters. The van der Waals surface area contributed by atoms with E-state index in [1.165, 1.54) is 64.2 Å². The summed E-state index contributed by atoms with van der Waals surface area (Å²) in [6.07, 6.45) is 16.8. The Morgan fingerprint density at radius 2 is 1.50 bits per heavy atom. The van der Waals surface area contributed by atoms with Gasteiger partial charge < -0.3 is 4.84 Å². The van der Waals surface area contributed by atoms with Crippen LogP contribution in [0.2, 0.25) is 0 Å². The molecule has 2 nitrogen and oxygen atoms in total. The van der Waals surface area contributed by atoms with Gasteiger partial charge in [0.05, 0.1) is 0 Å². The molecule has 0 aromatic rings. The zero-order chi connectivity index (χ0) is 15.1. The molecule has 0 saturated heterocycles. The molecule has 0 saturated carbocycles. The second kappa shape index (κ2) is 14.9. The van der Waals surface area contributed by atoms with Crippen molar-refractivity contribution in [3.63, 3.8) is 0 Å².